The minimum absolute atomic E-state index is 0.0724. The van der Waals surface area contributed by atoms with Crippen molar-refractivity contribution in [2.45, 2.75) is 45.8 Å². The fourth-order valence-electron chi connectivity index (χ4n) is 4.62. The van der Waals surface area contributed by atoms with Crippen molar-refractivity contribution in [3.05, 3.63) is 88.9 Å². The minimum atomic E-state index is -0.183. The maximum absolute atomic E-state index is 13.1. The van der Waals surface area contributed by atoms with Crippen molar-refractivity contribution >= 4 is 11.8 Å². The average molecular weight is 473 g/mol. The SMILES string of the molecule is CC(C)C(=O)N1CCc2ccc(OCc3ccc(C(=O)NCC4CC4)o3)cc2[C@@H]1c1ccccc1. The molecule has 6 heteroatoms. The van der Waals surface area contributed by atoms with Crippen LogP contribution >= 0.6 is 0 Å². The van der Waals surface area contributed by atoms with Gasteiger partial charge in [-0.1, -0.05) is 50.2 Å². The van der Waals surface area contributed by atoms with Crippen LogP contribution < -0.4 is 10.1 Å². The van der Waals surface area contributed by atoms with Crippen LogP contribution in [0, 0.1) is 11.8 Å². The number of carbonyl (C=O) groups is 2. The van der Waals surface area contributed by atoms with Gasteiger partial charge >= 0.3 is 0 Å². The van der Waals surface area contributed by atoms with E-state index in [9.17, 15) is 9.59 Å². The van der Waals surface area contributed by atoms with Crippen LogP contribution in [0.1, 0.15) is 65.7 Å². The molecule has 5 rings (SSSR count). The zero-order valence-corrected chi connectivity index (χ0v) is 20.3. The predicted molar refractivity (Wildman–Crippen MR) is 133 cm³/mol. The second kappa shape index (κ2) is 9.98. The average Bonchev–Trinajstić information content (AvgIpc) is 3.59. The number of nitrogens with one attached hydrogen (secondary N) is 1. The third kappa shape index (κ3) is 5.26. The number of rotatable bonds is 8. The van der Waals surface area contributed by atoms with Gasteiger partial charge in [-0.15, -0.1) is 0 Å². The number of hydrogen-bond donors (Lipinski definition) is 1. The maximum atomic E-state index is 13.1. The smallest absolute Gasteiger partial charge is 0.287 e. The molecule has 1 aromatic heterocycles. The molecule has 0 bridgehead atoms. The highest BCUT2D eigenvalue weighted by atomic mass is 16.5. The Bertz CT molecular complexity index is 1200. The van der Waals surface area contributed by atoms with Crippen molar-refractivity contribution in [2.24, 2.45) is 11.8 Å². The van der Waals surface area contributed by atoms with E-state index in [4.69, 9.17) is 9.15 Å². The standard InChI is InChI=1S/C29H32N2O4/c1-19(2)29(33)31-15-14-21-10-11-23(16-25(21)27(31)22-6-4-3-5-7-22)34-18-24-12-13-26(35-24)28(32)30-17-20-8-9-20/h3-7,10-13,16,19-20,27H,8-9,14-15,17-18H2,1-2H3,(H,30,32)/t27-/m0/s1. The molecule has 6 nitrogen and oxygen atoms in total. The van der Waals surface area contributed by atoms with Crippen LogP contribution in [-0.2, 0) is 17.8 Å². The molecule has 182 valence electrons. The summed E-state index contributed by atoms with van der Waals surface area (Å²) in [4.78, 5) is 27.3. The molecule has 0 saturated heterocycles. The lowest BCUT2D eigenvalue weighted by Gasteiger charge is -2.39. The Kier molecular flexibility index (Phi) is 6.62. The first-order chi connectivity index (χ1) is 17.0. The third-order valence-electron chi connectivity index (χ3n) is 6.75. The van der Waals surface area contributed by atoms with Gasteiger partial charge < -0.3 is 19.4 Å². The summed E-state index contributed by atoms with van der Waals surface area (Å²) in [6.07, 6.45) is 3.19. The Morgan fingerprint density at radius 2 is 1.89 bits per heavy atom. The van der Waals surface area contributed by atoms with E-state index in [1.807, 2.05) is 49.1 Å². The Morgan fingerprint density at radius 1 is 1.09 bits per heavy atom. The molecular weight excluding hydrogens is 440 g/mol. The van der Waals surface area contributed by atoms with Gasteiger partial charge in [0.15, 0.2) is 5.76 Å². The summed E-state index contributed by atoms with van der Waals surface area (Å²) >= 11 is 0. The number of fused-ring (bicyclic) bond motifs is 1. The van der Waals surface area contributed by atoms with E-state index in [0.717, 1.165) is 17.5 Å². The molecule has 0 radical (unpaired) electrons. The van der Waals surface area contributed by atoms with Crippen molar-refractivity contribution in [2.75, 3.05) is 13.1 Å². The minimum Gasteiger partial charge on any atom is -0.486 e. The molecule has 1 fully saturated rings. The van der Waals surface area contributed by atoms with E-state index >= 15 is 0 Å². The monoisotopic (exact) mass is 472 g/mol. The van der Waals surface area contributed by atoms with Gasteiger partial charge in [0, 0.05) is 19.0 Å². The number of carbonyl (C=O) groups excluding carboxylic acids is 2. The summed E-state index contributed by atoms with van der Waals surface area (Å²) in [7, 11) is 0. The number of amides is 2. The molecule has 3 aromatic rings. The second-order valence-corrected chi connectivity index (χ2v) is 9.82. The maximum Gasteiger partial charge on any atom is 0.287 e. The van der Waals surface area contributed by atoms with Crippen molar-refractivity contribution in [3.63, 3.8) is 0 Å². The van der Waals surface area contributed by atoms with Crippen LogP contribution in [-0.4, -0.2) is 29.8 Å². The fraction of sp³-hybridized carbons (Fsp3) is 0.379. The van der Waals surface area contributed by atoms with Crippen molar-refractivity contribution in [1.29, 1.82) is 0 Å². The van der Waals surface area contributed by atoms with Crippen LogP contribution in [0.25, 0.3) is 0 Å². The highest BCUT2D eigenvalue weighted by Gasteiger charge is 2.33. The fourth-order valence-corrected chi connectivity index (χ4v) is 4.62. The van der Waals surface area contributed by atoms with E-state index in [2.05, 4.69) is 23.5 Å². The normalized spacial score (nSPS) is 17.2. The second-order valence-electron chi connectivity index (χ2n) is 9.82. The highest BCUT2D eigenvalue weighted by molar-refractivity contribution is 5.91. The van der Waals surface area contributed by atoms with Crippen molar-refractivity contribution in [3.8, 4) is 5.75 Å². The molecule has 35 heavy (non-hydrogen) atoms. The van der Waals surface area contributed by atoms with Crippen LogP contribution in [0.15, 0.2) is 65.1 Å². The Balaban J connectivity index is 1.33. The number of hydrogen-bond acceptors (Lipinski definition) is 4. The van der Waals surface area contributed by atoms with E-state index in [-0.39, 0.29) is 30.4 Å². The summed E-state index contributed by atoms with van der Waals surface area (Å²) in [6, 6.07) is 19.6. The molecule has 2 aromatic carbocycles. The first kappa shape index (κ1) is 23.2. The molecule has 1 N–H and O–H groups in total. The Hall–Kier alpha value is -3.54. The summed E-state index contributed by atoms with van der Waals surface area (Å²) in [5.74, 6) is 2.12. The molecule has 1 saturated carbocycles. The van der Waals surface area contributed by atoms with Gasteiger partial charge in [0.2, 0.25) is 5.91 Å². The van der Waals surface area contributed by atoms with Gasteiger partial charge in [-0.05, 0) is 66.1 Å². The quantitative estimate of drug-likeness (QED) is 0.493. The zero-order valence-electron chi connectivity index (χ0n) is 20.3. The molecular formula is C29H32N2O4. The summed E-state index contributed by atoms with van der Waals surface area (Å²) < 4.78 is 11.8. The lowest BCUT2D eigenvalue weighted by atomic mass is 9.87. The first-order valence-electron chi connectivity index (χ1n) is 12.5. The number of benzene rings is 2. The zero-order chi connectivity index (χ0) is 24.4. The molecule has 0 spiro atoms. The van der Waals surface area contributed by atoms with Crippen LogP contribution in [0.4, 0.5) is 0 Å². The predicted octanol–water partition coefficient (Wildman–Crippen LogP) is 5.13. The van der Waals surface area contributed by atoms with Gasteiger partial charge in [0.25, 0.3) is 5.91 Å². The van der Waals surface area contributed by atoms with Crippen LogP contribution in [0.3, 0.4) is 0 Å². The van der Waals surface area contributed by atoms with Gasteiger partial charge in [-0.2, -0.15) is 0 Å². The molecule has 1 atom stereocenters. The molecule has 2 aliphatic rings. The third-order valence-corrected chi connectivity index (χ3v) is 6.75. The van der Waals surface area contributed by atoms with Crippen LogP contribution in [0.5, 0.6) is 5.75 Å². The van der Waals surface area contributed by atoms with Crippen LogP contribution in [0.2, 0.25) is 0 Å². The Morgan fingerprint density at radius 3 is 2.63 bits per heavy atom. The topological polar surface area (TPSA) is 71.8 Å². The van der Waals surface area contributed by atoms with Crippen molar-refractivity contribution in [1.82, 2.24) is 10.2 Å². The lowest BCUT2D eigenvalue weighted by Crippen LogP contribution is -2.42. The Labute approximate surface area is 206 Å². The highest BCUT2D eigenvalue weighted by Crippen LogP contribution is 2.38. The number of nitrogens with zero attached hydrogens (tertiary/aromatic N) is 1. The first-order valence-corrected chi connectivity index (χ1v) is 12.5. The molecule has 0 unspecified atom stereocenters. The van der Waals surface area contributed by atoms with Gasteiger partial charge in [0.1, 0.15) is 18.1 Å². The lowest BCUT2D eigenvalue weighted by molar-refractivity contribution is -0.136. The van der Waals surface area contributed by atoms with E-state index in [1.54, 1.807) is 12.1 Å². The molecule has 1 aliphatic carbocycles. The molecule has 2 heterocycles. The summed E-state index contributed by atoms with van der Waals surface area (Å²) in [6.45, 7) is 5.52. The largest absolute Gasteiger partial charge is 0.486 e. The van der Waals surface area contributed by atoms with Gasteiger partial charge in [-0.25, -0.2) is 0 Å². The summed E-state index contributed by atoms with van der Waals surface area (Å²) in [5, 5.41) is 2.92. The van der Waals surface area contributed by atoms with E-state index < -0.39 is 0 Å². The van der Waals surface area contributed by atoms with Gasteiger partial charge in [0.05, 0.1) is 6.04 Å². The number of furan rings is 1. The molecule has 2 amide bonds. The molecule has 1 aliphatic heterocycles. The summed E-state index contributed by atoms with van der Waals surface area (Å²) in [5.41, 5.74) is 3.41. The van der Waals surface area contributed by atoms with E-state index in [1.165, 1.54) is 18.4 Å². The van der Waals surface area contributed by atoms with Crippen molar-refractivity contribution < 1.29 is 18.7 Å². The van der Waals surface area contributed by atoms with Gasteiger partial charge in [-0.3, -0.25) is 9.59 Å². The number of ether oxygens (including phenoxy) is 1. The van der Waals surface area contributed by atoms with E-state index in [0.29, 0.717) is 36.3 Å².